The molecule has 0 saturated heterocycles. The van der Waals surface area contributed by atoms with Gasteiger partial charge in [0.1, 0.15) is 11.1 Å². The molecule has 1 heterocycles. The van der Waals surface area contributed by atoms with E-state index in [0.29, 0.717) is 28.3 Å². The van der Waals surface area contributed by atoms with E-state index in [1.807, 2.05) is 19.1 Å². The van der Waals surface area contributed by atoms with E-state index in [4.69, 9.17) is 16.0 Å². The maximum atomic E-state index is 12.8. The first-order valence-electron chi connectivity index (χ1n) is 9.57. The van der Waals surface area contributed by atoms with Crippen LogP contribution >= 0.6 is 11.6 Å². The van der Waals surface area contributed by atoms with Crippen LogP contribution in [0.1, 0.15) is 67.1 Å². The van der Waals surface area contributed by atoms with Gasteiger partial charge in [0.2, 0.25) is 0 Å². The quantitative estimate of drug-likeness (QED) is 0.531. The van der Waals surface area contributed by atoms with Crippen molar-refractivity contribution in [2.45, 2.75) is 45.6 Å². The molecule has 3 rings (SSSR count). The minimum absolute atomic E-state index is 0.0237. The fourth-order valence-corrected chi connectivity index (χ4v) is 3.38. The Morgan fingerprint density at radius 2 is 1.71 bits per heavy atom. The Hall–Kier alpha value is -2.59. The largest absolute Gasteiger partial charge is 0.422 e. The minimum Gasteiger partial charge on any atom is -0.422 e. The third-order valence-electron chi connectivity index (χ3n) is 5.17. The standard InChI is InChI=1S/C23H24ClNO3/c1-4-14(3)15-6-8-16(9-7-15)20(5-2)25-22(26)19-13-17-12-18(24)10-11-21(17)28-23(19)27/h6-14,20H,4-5H2,1-3H3,(H,25,26)/t14-,20+/m1/s1. The van der Waals surface area contributed by atoms with Crippen LogP contribution in [0.4, 0.5) is 0 Å². The summed E-state index contributed by atoms with van der Waals surface area (Å²) in [5.74, 6) is 0.0475. The van der Waals surface area contributed by atoms with Gasteiger partial charge >= 0.3 is 5.63 Å². The third-order valence-corrected chi connectivity index (χ3v) is 5.41. The maximum Gasteiger partial charge on any atom is 0.349 e. The number of hydrogen-bond donors (Lipinski definition) is 1. The Bertz CT molecular complexity index is 1040. The average molecular weight is 398 g/mol. The number of halogens is 1. The van der Waals surface area contributed by atoms with Crippen LogP contribution in [0, 0.1) is 0 Å². The predicted octanol–water partition coefficient (Wildman–Crippen LogP) is 5.84. The smallest absolute Gasteiger partial charge is 0.349 e. The second kappa shape index (κ2) is 8.61. The summed E-state index contributed by atoms with van der Waals surface area (Å²) in [4.78, 5) is 25.0. The highest BCUT2D eigenvalue weighted by Crippen LogP contribution is 2.23. The fraction of sp³-hybridized carbons (Fsp3) is 0.304. The van der Waals surface area contributed by atoms with Crippen molar-refractivity contribution in [3.05, 3.63) is 80.7 Å². The van der Waals surface area contributed by atoms with E-state index in [9.17, 15) is 9.59 Å². The molecule has 2 aromatic carbocycles. The van der Waals surface area contributed by atoms with E-state index in [1.54, 1.807) is 18.2 Å². The molecule has 5 heteroatoms. The predicted molar refractivity (Wildman–Crippen MR) is 113 cm³/mol. The summed E-state index contributed by atoms with van der Waals surface area (Å²) in [6, 6.07) is 14.6. The van der Waals surface area contributed by atoms with Gasteiger partial charge in [-0.25, -0.2) is 4.79 Å². The number of amides is 1. The molecule has 0 aliphatic heterocycles. The highest BCUT2D eigenvalue weighted by molar-refractivity contribution is 6.31. The zero-order chi connectivity index (χ0) is 20.3. The van der Waals surface area contributed by atoms with Gasteiger partial charge in [-0.2, -0.15) is 0 Å². The minimum atomic E-state index is -0.658. The SMILES string of the molecule is CC[C@@H](C)c1ccc([C@H](CC)NC(=O)c2cc3cc(Cl)ccc3oc2=O)cc1. The highest BCUT2D eigenvalue weighted by atomic mass is 35.5. The zero-order valence-corrected chi connectivity index (χ0v) is 17.0. The molecule has 0 saturated carbocycles. The first kappa shape index (κ1) is 20.2. The molecule has 0 fully saturated rings. The van der Waals surface area contributed by atoms with Crippen LogP contribution in [0.5, 0.6) is 0 Å². The van der Waals surface area contributed by atoms with Gasteiger partial charge in [0.05, 0.1) is 6.04 Å². The number of carbonyl (C=O) groups excluding carboxylic acids is 1. The highest BCUT2D eigenvalue weighted by Gasteiger charge is 2.18. The number of carbonyl (C=O) groups is 1. The topological polar surface area (TPSA) is 59.3 Å². The lowest BCUT2D eigenvalue weighted by atomic mass is 9.95. The summed E-state index contributed by atoms with van der Waals surface area (Å²) in [7, 11) is 0. The van der Waals surface area contributed by atoms with Crippen molar-refractivity contribution in [3.8, 4) is 0 Å². The maximum absolute atomic E-state index is 12.8. The van der Waals surface area contributed by atoms with Crippen molar-refractivity contribution in [1.29, 1.82) is 0 Å². The van der Waals surface area contributed by atoms with Gasteiger partial charge < -0.3 is 9.73 Å². The summed E-state index contributed by atoms with van der Waals surface area (Å²) in [6.45, 7) is 6.35. The number of fused-ring (bicyclic) bond motifs is 1. The van der Waals surface area contributed by atoms with E-state index in [-0.39, 0.29) is 11.6 Å². The molecule has 0 bridgehead atoms. The Labute approximate surface area is 169 Å². The summed E-state index contributed by atoms with van der Waals surface area (Å²) in [6.07, 6.45) is 1.79. The summed E-state index contributed by atoms with van der Waals surface area (Å²) < 4.78 is 5.27. The number of nitrogens with one attached hydrogen (secondary N) is 1. The van der Waals surface area contributed by atoms with Crippen LogP contribution in [-0.4, -0.2) is 5.91 Å². The molecule has 4 nitrogen and oxygen atoms in total. The third kappa shape index (κ3) is 4.28. The molecular weight excluding hydrogens is 374 g/mol. The van der Waals surface area contributed by atoms with Gasteiger partial charge in [-0.3, -0.25) is 4.79 Å². The molecule has 28 heavy (non-hydrogen) atoms. The summed E-state index contributed by atoms with van der Waals surface area (Å²) in [5, 5.41) is 4.08. The van der Waals surface area contributed by atoms with Crippen molar-refractivity contribution in [1.82, 2.24) is 5.32 Å². The Balaban J connectivity index is 1.85. The van der Waals surface area contributed by atoms with Gasteiger partial charge in [0.15, 0.2) is 0 Å². The van der Waals surface area contributed by atoms with Crippen LogP contribution in [-0.2, 0) is 0 Å². The molecular formula is C23H24ClNO3. The van der Waals surface area contributed by atoms with E-state index < -0.39 is 11.5 Å². The van der Waals surface area contributed by atoms with Crippen LogP contribution in [0.25, 0.3) is 11.0 Å². The van der Waals surface area contributed by atoms with Gasteiger partial charge in [-0.1, -0.05) is 56.6 Å². The zero-order valence-electron chi connectivity index (χ0n) is 16.3. The summed E-state index contributed by atoms with van der Waals surface area (Å²) >= 11 is 6.00. The summed E-state index contributed by atoms with van der Waals surface area (Å²) in [5.41, 5.74) is 2.01. The van der Waals surface area contributed by atoms with Gasteiger partial charge in [0.25, 0.3) is 5.91 Å². The van der Waals surface area contributed by atoms with E-state index >= 15 is 0 Å². The Morgan fingerprint density at radius 3 is 2.36 bits per heavy atom. The number of hydrogen-bond acceptors (Lipinski definition) is 3. The fourth-order valence-electron chi connectivity index (χ4n) is 3.20. The molecule has 0 aliphatic carbocycles. The van der Waals surface area contributed by atoms with Crippen molar-refractivity contribution < 1.29 is 9.21 Å². The van der Waals surface area contributed by atoms with Crippen LogP contribution in [0.3, 0.4) is 0 Å². The molecule has 0 spiro atoms. The van der Waals surface area contributed by atoms with E-state index in [0.717, 1.165) is 12.0 Å². The first-order valence-corrected chi connectivity index (χ1v) is 9.94. The van der Waals surface area contributed by atoms with Crippen LogP contribution < -0.4 is 10.9 Å². The number of rotatable bonds is 6. The van der Waals surface area contributed by atoms with Crippen molar-refractivity contribution in [2.24, 2.45) is 0 Å². The molecule has 0 radical (unpaired) electrons. The second-order valence-electron chi connectivity index (χ2n) is 7.04. The molecule has 3 aromatic rings. The normalized spacial score (nSPS) is 13.3. The Kier molecular flexibility index (Phi) is 6.20. The van der Waals surface area contributed by atoms with E-state index in [2.05, 4.69) is 31.3 Å². The van der Waals surface area contributed by atoms with Crippen molar-refractivity contribution in [3.63, 3.8) is 0 Å². The van der Waals surface area contributed by atoms with Gasteiger partial charge in [-0.05, 0) is 54.2 Å². The average Bonchev–Trinajstić information content (AvgIpc) is 2.71. The molecule has 146 valence electrons. The van der Waals surface area contributed by atoms with Crippen molar-refractivity contribution in [2.75, 3.05) is 0 Å². The molecule has 1 aromatic heterocycles. The second-order valence-corrected chi connectivity index (χ2v) is 7.48. The molecule has 0 unspecified atom stereocenters. The Morgan fingerprint density at radius 1 is 1.04 bits per heavy atom. The van der Waals surface area contributed by atoms with Crippen molar-refractivity contribution >= 4 is 28.5 Å². The molecule has 0 aliphatic rings. The van der Waals surface area contributed by atoms with Crippen LogP contribution in [0.2, 0.25) is 5.02 Å². The lowest BCUT2D eigenvalue weighted by Crippen LogP contribution is -2.31. The van der Waals surface area contributed by atoms with E-state index in [1.165, 1.54) is 11.6 Å². The molecule has 1 N–H and O–H groups in total. The lowest BCUT2D eigenvalue weighted by Gasteiger charge is -2.18. The van der Waals surface area contributed by atoms with Gasteiger partial charge in [-0.15, -0.1) is 0 Å². The van der Waals surface area contributed by atoms with Crippen LogP contribution in [0.15, 0.2) is 57.7 Å². The number of benzene rings is 2. The molecule has 2 atom stereocenters. The van der Waals surface area contributed by atoms with Gasteiger partial charge in [0, 0.05) is 10.4 Å². The molecule has 1 amide bonds. The lowest BCUT2D eigenvalue weighted by molar-refractivity contribution is 0.0932. The monoisotopic (exact) mass is 397 g/mol. The first-order chi connectivity index (χ1) is 13.4.